The van der Waals surface area contributed by atoms with Crippen LogP contribution in [0.1, 0.15) is 25.3 Å². The lowest BCUT2D eigenvalue weighted by atomic mass is 9.86. The van der Waals surface area contributed by atoms with E-state index in [4.69, 9.17) is 9.47 Å². The van der Waals surface area contributed by atoms with Gasteiger partial charge in [-0.1, -0.05) is 0 Å². The summed E-state index contributed by atoms with van der Waals surface area (Å²) < 4.78 is 11.2. The summed E-state index contributed by atoms with van der Waals surface area (Å²) in [6.07, 6.45) is 2.32. The highest BCUT2D eigenvalue weighted by Crippen LogP contribution is 2.32. The maximum Gasteiger partial charge on any atom is 0.247 e. The Labute approximate surface area is 147 Å². The molecule has 0 unspecified atom stereocenters. The Bertz CT molecular complexity index is 704. The first-order chi connectivity index (χ1) is 12.1. The Morgan fingerprint density at radius 2 is 2.16 bits per heavy atom. The van der Waals surface area contributed by atoms with Gasteiger partial charge in [0.2, 0.25) is 5.91 Å². The van der Waals surface area contributed by atoms with E-state index in [9.17, 15) is 14.9 Å². The van der Waals surface area contributed by atoms with Gasteiger partial charge in [0.15, 0.2) is 11.7 Å². The van der Waals surface area contributed by atoms with Gasteiger partial charge in [0, 0.05) is 13.1 Å². The minimum atomic E-state index is -1.23. The molecule has 3 rings (SSSR count). The second-order valence-corrected chi connectivity index (χ2v) is 6.41. The Hall–Kier alpha value is -2.55. The Kier molecular flexibility index (Phi) is 5.22. The summed E-state index contributed by atoms with van der Waals surface area (Å²) in [6.45, 7) is 3.93. The summed E-state index contributed by atoms with van der Waals surface area (Å²) in [6, 6.07) is 7.44. The first kappa shape index (κ1) is 17.3. The number of Topliss-reactive ketones (excluding diaryl/α,β-unsaturated/α-hetero) is 1. The minimum Gasteiger partial charge on any atom is -0.494 e. The summed E-state index contributed by atoms with van der Waals surface area (Å²) in [5.41, 5.74) is 0.876. The molecule has 1 saturated heterocycles. The van der Waals surface area contributed by atoms with Gasteiger partial charge in [-0.25, -0.2) is 0 Å². The van der Waals surface area contributed by atoms with Gasteiger partial charge in [-0.3, -0.25) is 9.59 Å². The van der Waals surface area contributed by atoms with Crippen molar-refractivity contribution in [3.05, 3.63) is 23.8 Å². The monoisotopic (exact) mass is 342 g/mol. The fourth-order valence-electron chi connectivity index (χ4n) is 3.41. The van der Waals surface area contributed by atoms with Gasteiger partial charge >= 0.3 is 0 Å². The zero-order valence-corrected chi connectivity index (χ0v) is 14.4. The number of ether oxygens (including phenoxy) is 2. The predicted octanol–water partition coefficient (Wildman–Crippen LogP) is 1.97. The number of rotatable bonds is 5. The highest BCUT2D eigenvalue weighted by atomic mass is 16.5. The summed E-state index contributed by atoms with van der Waals surface area (Å²) >= 11 is 0. The number of nitriles is 1. The number of hydrogen-bond donors (Lipinski definition) is 0. The molecule has 1 fully saturated rings. The van der Waals surface area contributed by atoms with Crippen LogP contribution < -0.4 is 9.47 Å². The van der Waals surface area contributed by atoms with Crippen LogP contribution in [0, 0.1) is 23.2 Å². The first-order valence-corrected chi connectivity index (χ1v) is 8.74. The van der Waals surface area contributed by atoms with Gasteiger partial charge in [-0.05, 0) is 49.9 Å². The Morgan fingerprint density at radius 1 is 1.40 bits per heavy atom. The van der Waals surface area contributed by atoms with E-state index in [1.54, 1.807) is 4.90 Å². The predicted molar refractivity (Wildman–Crippen MR) is 90.2 cm³/mol. The molecule has 6 nitrogen and oxygen atoms in total. The third-order valence-corrected chi connectivity index (χ3v) is 4.73. The summed E-state index contributed by atoms with van der Waals surface area (Å²) in [5.74, 6) is -0.968. The van der Waals surface area contributed by atoms with Crippen LogP contribution in [0.15, 0.2) is 18.2 Å². The number of ketones is 1. The first-order valence-electron chi connectivity index (χ1n) is 8.74. The van der Waals surface area contributed by atoms with Crippen molar-refractivity contribution in [2.45, 2.75) is 26.2 Å². The van der Waals surface area contributed by atoms with Crippen LogP contribution in [0.4, 0.5) is 0 Å². The topological polar surface area (TPSA) is 79.6 Å². The lowest BCUT2D eigenvalue weighted by Crippen LogP contribution is -2.41. The molecule has 1 amide bonds. The Balaban J connectivity index is 1.73. The standard InChI is InChI=1S/C19H22N2O4/c1-2-24-15-5-6-17-13(10-15)9-14(12-25-17)18(22)16(11-20)19(23)21-7-3-4-8-21/h5-6,10,14,16H,2-4,7-9,12H2,1H3/t14-,16-/m1/s1. The largest absolute Gasteiger partial charge is 0.494 e. The quantitative estimate of drug-likeness (QED) is 0.764. The highest BCUT2D eigenvalue weighted by molar-refractivity contribution is 6.05. The molecule has 2 aliphatic rings. The van der Waals surface area contributed by atoms with E-state index in [2.05, 4.69) is 0 Å². The van der Waals surface area contributed by atoms with E-state index in [0.29, 0.717) is 26.1 Å². The van der Waals surface area contributed by atoms with Gasteiger partial charge in [0.25, 0.3) is 0 Å². The molecule has 0 N–H and O–H groups in total. The molecule has 1 aromatic rings. The van der Waals surface area contributed by atoms with Crippen LogP contribution in [0.3, 0.4) is 0 Å². The fourth-order valence-corrected chi connectivity index (χ4v) is 3.41. The third-order valence-electron chi connectivity index (χ3n) is 4.73. The lowest BCUT2D eigenvalue weighted by molar-refractivity contribution is -0.140. The average Bonchev–Trinajstić information content (AvgIpc) is 3.16. The van der Waals surface area contributed by atoms with Crippen LogP contribution in [0.5, 0.6) is 11.5 Å². The summed E-state index contributed by atoms with van der Waals surface area (Å²) in [4.78, 5) is 26.9. The number of carbonyl (C=O) groups excluding carboxylic acids is 2. The number of benzene rings is 1. The zero-order chi connectivity index (χ0) is 17.8. The highest BCUT2D eigenvalue weighted by Gasteiger charge is 2.38. The van der Waals surface area contributed by atoms with Crippen LogP contribution in [0.25, 0.3) is 0 Å². The van der Waals surface area contributed by atoms with E-state index < -0.39 is 11.8 Å². The summed E-state index contributed by atoms with van der Waals surface area (Å²) in [5, 5.41) is 9.39. The molecule has 0 aromatic heterocycles. The summed E-state index contributed by atoms with van der Waals surface area (Å²) in [7, 11) is 0. The normalized spacial score (nSPS) is 20.2. The molecule has 0 radical (unpaired) electrons. The number of nitrogens with zero attached hydrogens (tertiary/aromatic N) is 2. The van der Waals surface area contributed by atoms with Crippen LogP contribution in [0.2, 0.25) is 0 Å². The third kappa shape index (κ3) is 3.60. The van der Waals surface area contributed by atoms with Gasteiger partial charge in [-0.2, -0.15) is 5.26 Å². The molecule has 0 saturated carbocycles. The second kappa shape index (κ2) is 7.56. The Morgan fingerprint density at radius 3 is 2.84 bits per heavy atom. The molecule has 0 spiro atoms. The maximum atomic E-state index is 12.8. The number of amides is 1. The molecule has 6 heteroatoms. The van der Waals surface area contributed by atoms with Gasteiger partial charge in [0.05, 0.1) is 25.2 Å². The molecular weight excluding hydrogens is 320 g/mol. The van der Waals surface area contributed by atoms with Crippen molar-refractivity contribution < 1.29 is 19.1 Å². The molecule has 2 aliphatic heterocycles. The van der Waals surface area contributed by atoms with Crippen molar-refractivity contribution in [1.29, 1.82) is 5.26 Å². The molecule has 25 heavy (non-hydrogen) atoms. The van der Waals surface area contributed by atoms with Crippen molar-refractivity contribution in [3.63, 3.8) is 0 Å². The molecule has 2 atom stereocenters. The van der Waals surface area contributed by atoms with Crippen molar-refractivity contribution in [2.24, 2.45) is 11.8 Å². The lowest BCUT2D eigenvalue weighted by Gasteiger charge is -2.27. The van der Waals surface area contributed by atoms with Crippen molar-refractivity contribution >= 4 is 11.7 Å². The molecule has 0 bridgehead atoms. The van der Waals surface area contributed by atoms with E-state index >= 15 is 0 Å². The van der Waals surface area contributed by atoms with Crippen LogP contribution in [-0.4, -0.2) is 42.9 Å². The van der Waals surface area contributed by atoms with Crippen molar-refractivity contribution in [1.82, 2.24) is 4.90 Å². The number of hydrogen-bond acceptors (Lipinski definition) is 5. The van der Waals surface area contributed by atoms with E-state index in [1.807, 2.05) is 31.2 Å². The van der Waals surface area contributed by atoms with E-state index in [1.165, 1.54) is 0 Å². The maximum absolute atomic E-state index is 12.8. The number of likely N-dealkylation sites (tertiary alicyclic amines) is 1. The number of carbonyl (C=O) groups is 2. The van der Waals surface area contributed by atoms with Gasteiger partial charge in [0.1, 0.15) is 11.5 Å². The van der Waals surface area contributed by atoms with Gasteiger partial charge < -0.3 is 14.4 Å². The molecule has 2 heterocycles. The van der Waals surface area contributed by atoms with Crippen molar-refractivity contribution in [2.75, 3.05) is 26.3 Å². The van der Waals surface area contributed by atoms with Crippen molar-refractivity contribution in [3.8, 4) is 17.6 Å². The molecular formula is C19H22N2O4. The van der Waals surface area contributed by atoms with Gasteiger partial charge in [-0.15, -0.1) is 0 Å². The number of fused-ring (bicyclic) bond motifs is 1. The van der Waals surface area contributed by atoms with E-state index in [0.717, 1.165) is 29.9 Å². The molecule has 1 aromatic carbocycles. The van der Waals surface area contributed by atoms with E-state index in [-0.39, 0.29) is 18.3 Å². The average molecular weight is 342 g/mol. The molecule has 132 valence electrons. The van der Waals surface area contributed by atoms with Crippen LogP contribution >= 0.6 is 0 Å². The zero-order valence-electron chi connectivity index (χ0n) is 14.4. The smallest absolute Gasteiger partial charge is 0.247 e. The van der Waals surface area contributed by atoms with Crippen LogP contribution in [-0.2, 0) is 16.0 Å². The SMILES string of the molecule is CCOc1ccc2c(c1)C[C@@H](C(=O)[C@@H](C#N)C(=O)N1CCCC1)CO2. The molecule has 0 aliphatic carbocycles. The fraction of sp³-hybridized carbons (Fsp3) is 0.526. The second-order valence-electron chi connectivity index (χ2n) is 6.41. The minimum absolute atomic E-state index is 0.200.